The van der Waals surface area contributed by atoms with Crippen molar-refractivity contribution in [3.8, 4) is 0 Å². The fourth-order valence-corrected chi connectivity index (χ4v) is 4.77. The largest absolute Gasteiger partial charge is 0.289 e. The van der Waals surface area contributed by atoms with Gasteiger partial charge in [-0.15, -0.1) is 22.7 Å². The second-order valence-electron chi connectivity index (χ2n) is 3.48. The van der Waals surface area contributed by atoms with Gasteiger partial charge in [0.05, 0.1) is 8.42 Å². The summed E-state index contributed by atoms with van der Waals surface area (Å²) >= 11 is 4.41. The van der Waals surface area contributed by atoms with Crippen LogP contribution in [0.4, 0.5) is 0 Å². The van der Waals surface area contributed by atoms with Crippen LogP contribution in [0.5, 0.6) is 0 Å². The maximum Gasteiger partial charge on any atom is 0.187 e. The van der Waals surface area contributed by atoms with Crippen molar-refractivity contribution in [2.24, 2.45) is 0 Å². The van der Waals surface area contributed by atoms with Gasteiger partial charge < -0.3 is 0 Å². The lowest BCUT2D eigenvalue weighted by atomic mass is 10.2. The fraction of sp³-hybridized carbons (Fsp3) is 0. The molecule has 0 aliphatic carbocycles. The van der Waals surface area contributed by atoms with Crippen molar-refractivity contribution in [2.45, 2.75) is 8.42 Å². The lowest BCUT2D eigenvalue weighted by molar-refractivity contribution is 0.103. The van der Waals surface area contributed by atoms with Crippen LogP contribution >= 0.6 is 34.4 Å². The Hall–Kier alpha value is -1.43. The third-order valence-electron chi connectivity index (χ3n) is 2.35. The molecule has 0 bridgehead atoms. The average Bonchev–Trinajstić information content (AvgIpc) is 3.06. The molecular weight excluding hydrogens is 296 g/mol. The Kier molecular flexibility index (Phi) is 4.52. The Morgan fingerprint density at radius 1 is 0.947 bits per heavy atom. The Balaban J connectivity index is 2.32. The molecule has 0 aliphatic rings. The maximum absolute atomic E-state index is 11.7. The van der Waals surface area contributed by atoms with Gasteiger partial charge in [0.1, 0.15) is 0 Å². The number of carbonyl (C=O) groups is 2. The van der Waals surface area contributed by atoms with Crippen LogP contribution in [-0.4, -0.2) is 11.6 Å². The van der Waals surface area contributed by atoms with Gasteiger partial charge in [0.2, 0.25) is 0 Å². The molecule has 0 amide bonds. The molecule has 2 aromatic rings. The summed E-state index contributed by atoms with van der Waals surface area (Å²) in [6.07, 6.45) is 2.60. The van der Waals surface area contributed by atoms with Crippen LogP contribution in [0, 0.1) is 0 Å². The van der Waals surface area contributed by atoms with Gasteiger partial charge in [0, 0.05) is 11.1 Å². The molecule has 2 aromatic heterocycles. The van der Waals surface area contributed by atoms with E-state index in [0.717, 1.165) is 8.42 Å². The first-order valence-corrected chi connectivity index (χ1v) is 7.91. The van der Waals surface area contributed by atoms with Crippen molar-refractivity contribution < 1.29 is 9.59 Å². The van der Waals surface area contributed by atoms with Crippen LogP contribution in [0.15, 0.2) is 56.6 Å². The van der Waals surface area contributed by atoms with Crippen LogP contribution in [0.25, 0.3) is 0 Å². The number of carbonyl (C=O) groups excluding carboxylic acids is 2. The minimum absolute atomic E-state index is 0.100. The zero-order valence-corrected chi connectivity index (χ0v) is 12.4. The van der Waals surface area contributed by atoms with Crippen LogP contribution in [-0.2, 0) is 0 Å². The van der Waals surface area contributed by atoms with Crippen molar-refractivity contribution in [3.63, 3.8) is 0 Å². The fourth-order valence-electron chi connectivity index (χ4n) is 1.42. The van der Waals surface area contributed by atoms with E-state index in [-0.39, 0.29) is 11.6 Å². The van der Waals surface area contributed by atoms with Gasteiger partial charge in [-0.1, -0.05) is 24.9 Å². The van der Waals surface area contributed by atoms with E-state index in [2.05, 4.69) is 13.2 Å². The molecule has 0 aromatic carbocycles. The van der Waals surface area contributed by atoms with Crippen LogP contribution < -0.4 is 0 Å². The maximum atomic E-state index is 11.7. The van der Waals surface area contributed by atoms with Crippen LogP contribution in [0.3, 0.4) is 0 Å². The van der Waals surface area contributed by atoms with Gasteiger partial charge in [-0.3, -0.25) is 9.59 Å². The molecule has 96 valence electrons. The van der Waals surface area contributed by atoms with E-state index in [1.165, 1.54) is 46.6 Å². The predicted octanol–water partition coefficient (Wildman–Crippen LogP) is 4.70. The van der Waals surface area contributed by atoms with E-state index >= 15 is 0 Å². The molecule has 0 saturated heterocycles. The van der Waals surface area contributed by atoms with Gasteiger partial charge in [0.25, 0.3) is 0 Å². The van der Waals surface area contributed by atoms with Crippen molar-refractivity contribution in [1.82, 2.24) is 0 Å². The molecule has 0 saturated carbocycles. The number of ketones is 2. The molecule has 0 radical (unpaired) electrons. The van der Waals surface area contributed by atoms with E-state index in [4.69, 9.17) is 0 Å². The molecule has 2 heterocycles. The summed E-state index contributed by atoms with van der Waals surface area (Å²) in [4.78, 5) is 23.4. The second-order valence-corrected chi connectivity index (χ2v) is 6.85. The first kappa shape index (κ1) is 14.0. The van der Waals surface area contributed by atoms with E-state index in [9.17, 15) is 9.59 Å². The van der Waals surface area contributed by atoms with E-state index < -0.39 is 0 Å². The zero-order valence-electron chi connectivity index (χ0n) is 9.92. The zero-order chi connectivity index (χ0) is 13.8. The summed E-state index contributed by atoms with van der Waals surface area (Å²) < 4.78 is 1.76. The monoisotopic (exact) mass is 306 g/mol. The van der Waals surface area contributed by atoms with E-state index in [1.807, 2.05) is 10.8 Å². The predicted molar refractivity (Wildman–Crippen MR) is 81.8 cm³/mol. The molecule has 0 N–H and O–H groups in total. The summed E-state index contributed by atoms with van der Waals surface area (Å²) in [6, 6.07) is 3.55. The average molecular weight is 306 g/mol. The van der Waals surface area contributed by atoms with Gasteiger partial charge in [-0.05, 0) is 35.0 Å². The lowest BCUT2D eigenvalue weighted by Gasteiger charge is -2.01. The minimum Gasteiger partial charge on any atom is -0.289 e. The molecule has 2 nitrogen and oxygen atoms in total. The summed E-state index contributed by atoms with van der Waals surface area (Å²) in [6.45, 7) is 6.99. The highest BCUT2D eigenvalue weighted by Crippen LogP contribution is 2.39. The Morgan fingerprint density at radius 2 is 1.37 bits per heavy atom. The summed E-state index contributed by atoms with van der Waals surface area (Å²) in [5.74, 6) is -0.200. The molecule has 0 spiro atoms. The third kappa shape index (κ3) is 2.94. The molecule has 19 heavy (non-hydrogen) atoms. The Bertz CT molecular complexity index is 593. The molecule has 0 atom stereocenters. The molecule has 2 rings (SSSR count). The third-order valence-corrected chi connectivity index (χ3v) is 5.65. The molecule has 5 heteroatoms. The topological polar surface area (TPSA) is 34.1 Å². The minimum atomic E-state index is -0.100. The standard InChI is InChI=1S/C14H10O2S3/c1-3-11(15)9-5-7-17-13(9)19-14-10(6-8-18-14)12(16)4-2/h3-8H,1-2H2. The van der Waals surface area contributed by atoms with E-state index in [1.54, 1.807) is 12.1 Å². The molecule has 0 unspecified atom stereocenters. The first-order valence-electron chi connectivity index (χ1n) is 5.33. The van der Waals surface area contributed by atoms with Gasteiger partial charge in [-0.2, -0.15) is 0 Å². The number of hydrogen-bond acceptors (Lipinski definition) is 5. The van der Waals surface area contributed by atoms with Crippen molar-refractivity contribution in [3.05, 3.63) is 59.3 Å². The van der Waals surface area contributed by atoms with Gasteiger partial charge in [-0.25, -0.2) is 0 Å². The highest BCUT2D eigenvalue weighted by Gasteiger charge is 2.16. The number of rotatable bonds is 6. The van der Waals surface area contributed by atoms with Gasteiger partial charge in [0.15, 0.2) is 11.6 Å². The number of hydrogen-bond donors (Lipinski definition) is 0. The molecule has 0 fully saturated rings. The van der Waals surface area contributed by atoms with Crippen LogP contribution in [0.2, 0.25) is 0 Å². The summed E-state index contributed by atoms with van der Waals surface area (Å²) in [7, 11) is 0. The summed E-state index contributed by atoms with van der Waals surface area (Å²) in [5.41, 5.74) is 1.27. The highest BCUT2D eigenvalue weighted by molar-refractivity contribution is 8.03. The Morgan fingerprint density at radius 3 is 1.74 bits per heavy atom. The van der Waals surface area contributed by atoms with Gasteiger partial charge >= 0.3 is 0 Å². The van der Waals surface area contributed by atoms with Crippen LogP contribution in [0.1, 0.15) is 20.7 Å². The first-order chi connectivity index (χ1) is 9.17. The SMILES string of the molecule is C=CC(=O)c1ccsc1Sc1sccc1C(=O)C=C. The molecule has 0 aliphatic heterocycles. The van der Waals surface area contributed by atoms with Crippen molar-refractivity contribution in [1.29, 1.82) is 0 Å². The lowest BCUT2D eigenvalue weighted by Crippen LogP contribution is -1.94. The Labute approximate surface area is 123 Å². The normalized spacial score (nSPS) is 10.1. The highest BCUT2D eigenvalue weighted by atomic mass is 32.2. The number of allylic oxidation sites excluding steroid dienone is 2. The van der Waals surface area contributed by atoms with E-state index in [0.29, 0.717) is 11.1 Å². The van der Waals surface area contributed by atoms with Crippen molar-refractivity contribution in [2.75, 3.05) is 0 Å². The smallest absolute Gasteiger partial charge is 0.187 e. The molecular formula is C14H10O2S3. The second kappa shape index (κ2) is 6.14. The summed E-state index contributed by atoms with van der Waals surface area (Å²) in [5, 5.41) is 3.73. The van der Waals surface area contributed by atoms with Crippen molar-refractivity contribution >= 4 is 46.0 Å². The number of thiophene rings is 2. The quantitative estimate of drug-likeness (QED) is 0.573.